The summed E-state index contributed by atoms with van der Waals surface area (Å²) in [5.41, 5.74) is -1.63. The van der Waals surface area contributed by atoms with Gasteiger partial charge in [-0.2, -0.15) is 13.2 Å². The number of aromatic amines is 1. The van der Waals surface area contributed by atoms with Crippen LogP contribution in [0, 0.1) is 0 Å². The van der Waals surface area contributed by atoms with E-state index in [1.54, 1.807) is 0 Å². The van der Waals surface area contributed by atoms with Crippen molar-refractivity contribution in [3.63, 3.8) is 0 Å². The number of hydrogen-bond acceptors (Lipinski definition) is 5. The van der Waals surface area contributed by atoms with Gasteiger partial charge in [0, 0.05) is 6.20 Å². The number of nitrogens with one attached hydrogen (secondary N) is 1. The molecule has 0 amide bonds. The summed E-state index contributed by atoms with van der Waals surface area (Å²) in [6, 6.07) is 0. The van der Waals surface area contributed by atoms with Gasteiger partial charge in [0.2, 0.25) is 0 Å². The van der Waals surface area contributed by atoms with Gasteiger partial charge in [0.1, 0.15) is 6.33 Å². The first-order valence-corrected chi connectivity index (χ1v) is 3.92. The van der Waals surface area contributed by atoms with Gasteiger partial charge in [0.05, 0.1) is 5.56 Å². The second kappa shape index (κ2) is 3.43. The molecule has 2 heterocycles. The second-order valence-corrected chi connectivity index (χ2v) is 2.73. The molecule has 0 aliphatic heterocycles. The van der Waals surface area contributed by atoms with Crippen LogP contribution in [-0.2, 0) is 6.18 Å². The molecule has 0 aliphatic carbocycles. The summed E-state index contributed by atoms with van der Waals surface area (Å²) in [4.78, 5) is 19.1. The first-order valence-electron chi connectivity index (χ1n) is 3.92. The fourth-order valence-electron chi connectivity index (χ4n) is 1.07. The van der Waals surface area contributed by atoms with Crippen molar-refractivity contribution in [3.8, 4) is 11.4 Å². The smallest absolute Gasteiger partial charge is 0.296 e. The van der Waals surface area contributed by atoms with E-state index in [9.17, 15) is 18.0 Å². The Labute approximate surface area is 85.1 Å². The lowest BCUT2D eigenvalue weighted by atomic mass is 10.2. The summed E-state index contributed by atoms with van der Waals surface area (Å²) in [5.74, 6) is -1.31. The molecule has 84 valence electrons. The minimum atomic E-state index is -4.66. The number of aromatic nitrogens is 4. The van der Waals surface area contributed by atoms with Crippen molar-refractivity contribution in [1.82, 2.24) is 20.1 Å². The number of nitrogens with zero attached hydrogens (tertiary/aromatic N) is 3. The van der Waals surface area contributed by atoms with Gasteiger partial charge in [-0.05, 0) is 0 Å². The summed E-state index contributed by atoms with van der Waals surface area (Å²) in [5, 5.41) is 3.14. The SMILES string of the molecule is O=c1[nH]c(-c2cncnc2C(F)(F)F)no1. The minimum absolute atomic E-state index is 0.363. The molecule has 2 aromatic heterocycles. The van der Waals surface area contributed by atoms with Crippen molar-refractivity contribution >= 4 is 0 Å². The Kier molecular flexibility index (Phi) is 2.22. The van der Waals surface area contributed by atoms with Gasteiger partial charge >= 0.3 is 11.9 Å². The van der Waals surface area contributed by atoms with Crippen molar-refractivity contribution in [3.05, 3.63) is 28.8 Å². The molecule has 2 rings (SSSR count). The highest BCUT2D eigenvalue weighted by Gasteiger charge is 2.36. The summed E-state index contributed by atoms with van der Waals surface area (Å²) >= 11 is 0. The molecule has 2 aromatic rings. The van der Waals surface area contributed by atoms with E-state index in [1.807, 2.05) is 4.98 Å². The molecule has 0 saturated carbocycles. The zero-order valence-electron chi connectivity index (χ0n) is 7.45. The normalized spacial score (nSPS) is 11.7. The predicted octanol–water partition coefficient (Wildman–Crippen LogP) is 0.839. The predicted molar refractivity (Wildman–Crippen MR) is 43.2 cm³/mol. The van der Waals surface area contributed by atoms with Crippen molar-refractivity contribution in [2.45, 2.75) is 6.18 Å². The van der Waals surface area contributed by atoms with Crippen molar-refractivity contribution in [2.24, 2.45) is 0 Å². The maximum absolute atomic E-state index is 12.5. The molecule has 0 radical (unpaired) electrons. The van der Waals surface area contributed by atoms with Gasteiger partial charge < -0.3 is 0 Å². The monoisotopic (exact) mass is 232 g/mol. The van der Waals surface area contributed by atoms with Crippen LogP contribution in [0.1, 0.15) is 5.69 Å². The maximum Gasteiger partial charge on any atom is 0.439 e. The summed E-state index contributed by atoms with van der Waals surface area (Å²) in [7, 11) is 0. The molecule has 9 heteroatoms. The highest BCUT2D eigenvalue weighted by atomic mass is 19.4. The topological polar surface area (TPSA) is 84.7 Å². The number of halogens is 3. The minimum Gasteiger partial charge on any atom is -0.296 e. The van der Waals surface area contributed by atoms with Crippen LogP contribution in [0.2, 0.25) is 0 Å². The quantitative estimate of drug-likeness (QED) is 0.787. The number of alkyl halides is 3. The molecule has 6 nitrogen and oxygen atoms in total. The first kappa shape index (κ1) is 10.3. The standard InChI is InChI=1S/C7H3F3N4O2/c8-7(9,10)4-3(1-11-2-12-4)5-13-6(15)16-14-5/h1-2H,(H,13,14,15). The van der Waals surface area contributed by atoms with Crippen LogP contribution < -0.4 is 5.76 Å². The van der Waals surface area contributed by atoms with Crippen molar-refractivity contribution < 1.29 is 17.7 Å². The third kappa shape index (κ3) is 1.78. The summed E-state index contributed by atoms with van der Waals surface area (Å²) < 4.78 is 41.6. The van der Waals surface area contributed by atoms with Gasteiger partial charge in [0.25, 0.3) is 0 Å². The molecule has 1 N–H and O–H groups in total. The van der Waals surface area contributed by atoms with E-state index < -0.39 is 23.2 Å². The van der Waals surface area contributed by atoms with Crippen LogP contribution in [0.3, 0.4) is 0 Å². The largest absolute Gasteiger partial charge is 0.439 e. The molecule has 0 aromatic carbocycles. The first-order chi connectivity index (χ1) is 7.48. The van der Waals surface area contributed by atoms with E-state index in [1.165, 1.54) is 0 Å². The van der Waals surface area contributed by atoms with Gasteiger partial charge in [-0.3, -0.25) is 9.51 Å². The van der Waals surface area contributed by atoms with Crippen molar-refractivity contribution in [2.75, 3.05) is 0 Å². The molecule has 0 aliphatic rings. The van der Waals surface area contributed by atoms with Gasteiger partial charge in [-0.15, -0.1) is 0 Å². The summed E-state index contributed by atoms with van der Waals surface area (Å²) in [6.45, 7) is 0. The molecule has 0 spiro atoms. The highest BCUT2D eigenvalue weighted by molar-refractivity contribution is 5.56. The lowest BCUT2D eigenvalue weighted by molar-refractivity contribution is -0.140. The van der Waals surface area contributed by atoms with E-state index in [4.69, 9.17) is 0 Å². The number of hydrogen-bond donors (Lipinski definition) is 1. The Bertz CT molecular complexity index is 559. The zero-order chi connectivity index (χ0) is 11.8. The Hall–Kier alpha value is -2.19. The van der Waals surface area contributed by atoms with Crippen LogP contribution in [0.15, 0.2) is 21.8 Å². The fourth-order valence-corrected chi connectivity index (χ4v) is 1.07. The van der Waals surface area contributed by atoms with E-state index in [0.29, 0.717) is 0 Å². The second-order valence-electron chi connectivity index (χ2n) is 2.73. The van der Waals surface area contributed by atoms with Crippen molar-refractivity contribution in [1.29, 1.82) is 0 Å². The number of H-pyrrole nitrogens is 1. The fraction of sp³-hybridized carbons (Fsp3) is 0.143. The molecule has 0 bridgehead atoms. The van der Waals surface area contributed by atoms with Crippen LogP contribution in [0.25, 0.3) is 11.4 Å². The Balaban J connectivity index is 2.61. The van der Waals surface area contributed by atoms with Crippen LogP contribution in [-0.4, -0.2) is 20.1 Å². The Morgan fingerprint density at radius 3 is 2.69 bits per heavy atom. The molecule has 0 unspecified atom stereocenters. The maximum atomic E-state index is 12.5. The third-order valence-corrected chi connectivity index (χ3v) is 1.68. The lowest BCUT2D eigenvalue weighted by Gasteiger charge is -2.07. The third-order valence-electron chi connectivity index (χ3n) is 1.68. The average Bonchev–Trinajstić information content (AvgIpc) is 2.64. The molecular formula is C7H3F3N4O2. The molecule has 0 saturated heterocycles. The van der Waals surface area contributed by atoms with Gasteiger partial charge in [-0.25, -0.2) is 14.8 Å². The Morgan fingerprint density at radius 2 is 2.12 bits per heavy atom. The van der Waals surface area contributed by atoms with E-state index in [2.05, 4.69) is 19.6 Å². The van der Waals surface area contributed by atoms with Crippen LogP contribution in [0.5, 0.6) is 0 Å². The highest BCUT2D eigenvalue weighted by Crippen LogP contribution is 2.33. The summed E-state index contributed by atoms with van der Waals surface area (Å²) in [6.07, 6.45) is -3.01. The molecule has 16 heavy (non-hydrogen) atoms. The van der Waals surface area contributed by atoms with Gasteiger partial charge in [0.15, 0.2) is 11.5 Å². The molecular weight excluding hydrogens is 229 g/mol. The van der Waals surface area contributed by atoms with E-state index >= 15 is 0 Å². The average molecular weight is 232 g/mol. The molecule has 0 atom stereocenters. The Morgan fingerprint density at radius 1 is 1.38 bits per heavy atom. The van der Waals surface area contributed by atoms with Crippen LogP contribution in [0.4, 0.5) is 13.2 Å². The van der Waals surface area contributed by atoms with Gasteiger partial charge in [-0.1, -0.05) is 5.16 Å². The zero-order valence-corrected chi connectivity index (χ0v) is 7.45. The molecule has 0 fully saturated rings. The number of rotatable bonds is 1. The van der Waals surface area contributed by atoms with Crippen LogP contribution >= 0.6 is 0 Å². The lowest BCUT2D eigenvalue weighted by Crippen LogP contribution is -2.11. The van der Waals surface area contributed by atoms with E-state index in [-0.39, 0.29) is 5.82 Å². The van der Waals surface area contributed by atoms with E-state index in [0.717, 1.165) is 12.5 Å².